The summed E-state index contributed by atoms with van der Waals surface area (Å²) in [6.07, 6.45) is 6.15. The van der Waals surface area contributed by atoms with Crippen LogP contribution in [-0.2, 0) is 9.59 Å². The summed E-state index contributed by atoms with van der Waals surface area (Å²) < 4.78 is 0. The minimum atomic E-state index is -0.210. The molecule has 2 amide bonds. The SMILES string of the molecule is CCC1C(=O)N2CCCCC2C(=O)N1CC1CCCS1. The van der Waals surface area contributed by atoms with Crippen LogP contribution in [-0.4, -0.2) is 57.8 Å². The van der Waals surface area contributed by atoms with Crippen molar-refractivity contribution < 1.29 is 9.59 Å². The van der Waals surface area contributed by atoms with Gasteiger partial charge in [0.15, 0.2) is 0 Å². The van der Waals surface area contributed by atoms with Gasteiger partial charge in [-0.25, -0.2) is 0 Å². The molecule has 3 rings (SSSR count). The highest BCUT2D eigenvalue weighted by Crippen LogP contribution is 2.32. The third-order valence-electron chi connectivity index (χ3n) is 4.83. The Kier molecular flexibility index (Phi) is 4.24. The molecule has 0 bridgehead atoms. The number of hydrogen-bond donors (Lipinski definition) is 0. The number of nitrogens with zero attached hydrogens (tertiary/aromatic N) is 2. The first-order valence-electron chi connectivity index (χ1n) is 7.95. The van der Waals surface area contributed by atoms with Crippen LogP contribution in [0, 0.1) is 0 Å². The second-order valence-electron chi connectivity index (χ2n) is 6.09. The molecular weight excluding hydrogens is 272 g/mol. The maximum atomic E-state index is 12.8. The summed E-state index contributed by atoms with van der Waals surface area (Å²) in [5, 5.41) is 0.538. The average molecular weight is 296 g/mol. The third kappa shape index (κ3) is 2.45. The smallest absolute Gasteiger partial charge is 0.246 e. The van der Waals surface area contributed by atoms with Gasteiger partial charge in [0.1, 0.15) is 12.1 Å². The van der Waals surface area contributed by atoms with Crippen LogP contribution in [0.5, 0.6) is 0 Å². The highest BCUT2D eigenvalue weighted by atomic mass is 32.2. The summed E-state index contributed by atoms with van der Waals surface area (Å²) >= 11 is 1.96. The molecule has 0 aliphatic carbocycles. The van der Waals surface area contributed by atoms with Crippen LogP contribution in [0.4, 0.5) is 0 Å². The Morgan fingerprint density at radius 3 is 2.70 bits per heavy atom. The summed E-state index contributed by atoms with van der Waals surface area (Å²) in [6, 6.07) is -0.372. The fraction of sp³-hybridized carbons (Fsp3) is 0.867. The van der Waals surface area contributed by atoms with Gasteiger partial charge in [0.2, 0.25) is 11.8 Å². The largest absolute Gasteiger partial charge is 0.329 e. The molecule has 3 heterocycles. The van der Waals surface area contributed by atoms with Crippen LogP contribution in [0.2, 0.25) is 0 Å². The van der Waals surface area contributed by atoms with E-state index in [-0.39, 0.29) is 23.9 Å². The number of fused-ring (bicyclic) bond motifs is 1. The van der Waals surface area contributed by atoms with E-state index in [1.807, 2.05) is 28.5 Å². The molecule has 0 saturated carbocycles. The van der Waals surface area contributed by atoms with Gasteiger partial charge in [0.05, 0.1) is 0 Å². The second-order valence-corrected chi connectivity index (χ2v) is 7.50. The lowest BCUT2D eigenvalue weighted by Gasteiger charge is -2.47. The van der Waals surface area contributed by atoms with Gasteiger partial charge < -0.3 is 9.80 Å². The van der Waals surface area contributed by atoms with Crippen molar-refractivity contribution in [3.63, 3.8) is 0 Å². The molecule has 3 aliphatic rings. The van der Waals surface area contributed by atoms with Crippen molar-refractivity contribution in [3.8, 4) is 0 Å². The van der Waals surface area contributed by atoms with E-state index in [4.69, 9.17) is 0 Å². The van der Waals surface area contributed by atoms with Gasteiger partial charge in [-0.05, 0) is 44.3 Å². The van der Waals surface area contributed by atoms with Gasteiger partial charge in [-0.15, -0.1) is 0 Å². The predicted molar refractivity (Wildman–Crippen MR) is 80.6 cm³/mol. The molecule has 4 nitrogen and oxygen atoms in total. The summed E-state index contributed by atoms with van der Waals surface area (Å²) in [4.78, 5) is 29.2. The highest BCUT2D eigenvalue weighted by Gasteiger charge is 2.46. The van der Waals surface area contributed by atoms with Crippen molar-refractivity contribution in [2.45, 2.75) is 62.8 Å². The third-order valence-corrected chi connectivity index (χ3v) is 6.21. The van der Waals surface area contributed by atoms with E-state index in [1.54, 1.807) is 0 Å². The van der Waals surface area contributed by atoms with Gasteiger partial charge in [0, 0.05) is 18.3 Å². The number of thioether (sulfide) groups is 1. The molecule has 3 aliphatic heterocycles. The zero-order valence-corrected chi connectivity index (χ0v) is 13.0. The Morgan fingerprint density at radius 1 is 1.15 bits per heavy atom. The molecule has 0 spiro atoms. The molecule has 0 aromatic carbocycles. The summed E-state index contributed by atoms with van der Waals surface area (Å²) in [6.45, 7) is 3.57. The van der Waals surface area contributed by atoms with E-state index in [0.717, 1.165) is 38.8 Å². The van der Waals surface area contributed by atoms with Crippen molar-refractivity contribution in [2.75, 3.05) is 18.8 Å². The topological polar surface area (TPSA) is 40.6 Å². The van der Waals surface area contributed by atoms with Gasteiger partial charge in [-0.1, -0.05) is 6.92 Å². The van der Waals surface area contributed by atoms with Crippen LogP contribution in [0.25, 0.3) is 0 Å². The minimum Gasteiger partial charge on any atom is -0.329 e. The molecule has 0 aromatic heterocycles. The van der Waals surface area contributed by atoms with Crippen molar-refractivity contribution >= 4 is 23.6 Å². The Bertz CT molecular complexity index is 395. The normalized spacial score (nSPS) is 34.5. The van der Waals surface area contributed by atoms with E-state index in [2.05, 4.69) is 0 Å². The fourth-order valence-corrected chi connectivity index (χ4v) is 5.01. The van der Waals surface area contributed by atoms with E-state index < -0.39 is 0 Å². The first-order chi connectivity index (χ1) is 9.72. The Morgan fingerprint density at radius 2 is 2.00 bits per heavy atom. The number of carbonyl (C=O) groups excluding carboxylic acids is 2. The zero-order chi connectivity index (χ0) is 14.1. The van der Waals surface area contributed by atoms with Crippen LogP contribution >= 0.6 is 11.8 Å². The van der Waals surface area contributed by atoms with Gasteiger partial charge in [-0.2, -0.15) is 11.8 Å². The van der Waals surface area contributed by atoms with Crippen molar-refractivity contribution in [1.82, 2.24) is 9.80 Å². The molecule has 112 valence electrons. The van der Waals surface area contributed by atoms with E-state index >= 15 is 0 Å². The molecular formula is C15H24N2O2S. The number of piperidine rings is 1. The van der Waals surface area contributed by atoms with Crippen LogP contribution in [0.15, 0.2) is 0 Å². The molecule has 3 saturated heterocycles. The van der Waals surface area contributed by atoms with Gasteiger partial charge >= 0.3 is 0 Å². The van der Waals surface area contributed by atoms with Gasteiger partial charge in [0.25, 0.3) is 0 Å². The quantitative estimate of drug-likeness (QED) is 0.798. The van der Waals surface area contributed by atoms with E-state index in [0.29, 0.717) is 5.25 Å². The second kappa shape index (κ2) is 5.96. The average Bonchev–Trinajstić information content (AvgIpc) is 2.98. The predicted octanol–water partition coefficient (Wildman–Crippen LogP) is 1.88. The molecule has 3 atom stereocenters. The number of rotatable bonds is 3. The van der Waals surface area contributed by atoms with Crippen LogP contribution in [0.1, 0.15) is 45.4 Å². The van der Waals surface area contributed by atoms with Crippen molar-refractivity contribution in [2.24, 2.45) is 0 Å². The summed E-state index contributed by atoms with van der Waals surface area (Å²) in [5.74, 6) is 1.61. The lowest BCUT2D eigenvalue weighted by Crippen LogP contribution is -2.66. The summed E-state index contributed by atoms with van der Waals surface area (Å²) in [5.41, 5.74) is 0. The number of carbonyl (C=O) groups is 2. The van der Waals surface area contributed by atoms with Crippen molar-refractivity contribution in [3.05, 3.63) is 0 Å². The number of amides is 2. The number of piperazine rings is 1. The lowest BCUT2D eigenvalue weighted by molar-refractivity contribution is -0.163. The van der Waals surface area contributed by atoms with E-state index in [9.17, 15) is 9.59 Å². The molecule has 20 heavy (non-hydrogen) atoms. The van der Waals surface area contributed by atoms with Crippen LogP contribution in [0.3, 0.4) is 0 Å². The first kappa shape index (κ1) is 14.2. The molecule has 5 heteroatoms. The maximum absolute atomic E-state index is 12.8. The molecule has 0 N–H and O–H groups in total. The Hall–Kier alpha value is -0.710. The molecule has 0 aromatic rings. The van der Waals surface area contributed by atoms with Crippen LogP contribution < -0.4 is 0 Å². The minimum absolute atomic E-state index is 0.162. The highest BCUT2D eigenvalue weighted by molar-refractivity contribution is 8.00. The van der Waals surface area contributed by atoms with Crippen molar-refractivity contribution in [1.29, 1.82) is 0 Å². The molecule has 3 fully saturated rings. The lowest BCUT2D eigenvalue weighted by atomic mass is 9.94. The summed E-state index contributed by atoms with van der Waals surface area (Å²) in [7, 11) is 0. The Balaban J connectivity index is 1.78. The Labute approximate surface area is 125 Å². The fourth-order valence-electron chi connectivity index (χ4n) is 3.74. The zero-order valence-electron chi connectivity index (χ0n) is 12.2. The first-order valence-corrected chi connectivity index (χ1v) is 8.99. The monoisotopic (exact) mass is 296 g/mol. The van der Waals surface area contributed by atoms with E-state index in [1.165, 1.54) is 18.6 Å². The molecule has 3 unspecified atom stereocenters. The molecule has 0 radical (unpaired) electrons. The van der Waals surface area contributed by atoms with Gasteiger partial charge in [-0.3, -0.25) is 9.59 Å². The maximum Gasteiger partial charge on any atom is 0.246 e. The number of hydrogen-bond acceptors (Lipinski definition) is 3. The standard InChI is InChI=1S/C15H24N2O2S/c1-2-12-14(18)16-8-4-3-7-13(16)15(19)17(12)10-11-6-5-9-20-11/h11-13H,2-10H2,1H3.